The van der Waals surface area contributed by atoms with E-state index in [2.05, 4.69) is 10.2 Å². The van der Waals surface area contributed by atoms with Gasteiger partial charge < -0.3 is 9.64 Å². The molecule has 1 amide bonds. The number of hydrogen-bond donors (Lipinski definition) is 1. The fourth-order valence-electron chi connectivity index (χ4n) is 2.69. The third kappa shape index (κ3) is 2.51. The lowest BCUT2D eigenvalue weighted by atomic mass is 10.1. The van der Waals surface area contributed by atoms with E-state index >= 15 is 0 Å². The van der Waals surface area contributed by atoms with Crippen LogP contribution in [0.3, 0.4) is 0 Å². The largest absolute Gasteiger partial charge is 0.376 e. The van der Waals surface area contributed by atoms with Gasteiger partial charge in [-0.1, -0.05) is 0 Å². The average molecular weight is 281 g/mol. The Morgan fingerprint density at radius 2 is 2.26 bits per heavy atom. The van der Waals surface area contributed by atoms with Crippen LogP contribution in [0.5, 0.6) is 0 Å². The Balaban J connectivity index is 1.77. The topological polar surface area (TPSA) is 58.2 Å². The zero-order valence-electron chi connectivity index (χ0n) is 11.1. The van der Waals surface area contributed by atoms with E-state index in [1.807, 2.05) is 23.7 Å². The summed E-state index contributed by atoms with van der Waals surface area (Å²) in [5.41, 5.74) is 2.56. The Labute approximate surface area is 117 Å². The molecule has 6 heteroatoms. The maximum absolute atomic E-state index is 12.6. The van der Waals surface area contributed by atoms with Crippen LogP contribution in [0.2, 0.25) is 0 Å². The number of fused-ring (bicyclic) bond motifs is 1. The third-order valence-electron chi connectivity index (χ3n) is 3.96. The van der Waals surface area contributed by atoms with E-state index in [-0.39, 0.29) is 5.91 Å². The molecule has 2 aliphatic rings. The summed E-state index contributed by atoms with van der Waals surface area (Å²) in [7, 11) is 1.90. The van der Waals surface area contributed by atoms with Crippen LogP contribution in [-0.2, 0) is 17.8 Å². The number of carbonyl (C=O) groups is 1. The van der Waals surface area contributed by atoms with Crippen LogP contribution in [-0.4, -0.2) is 52.2 Å². The molecule has 104 valence electrons. The number of carbonyl (C=O) groups excluding carboxylic acids is 1. The van der Waals surface area contributed by atoms with Gasteiger partial charge in [0.1, 0.15) is 0 Å². The van der Waals surface area contributed by atoms with E-state index in [1.54, 1.807) is 0 Å². The number of nitrogens with one attached hydrogen (secondary N) is 1. The standard InChI is InChI=1S/C13H19N3O2S/c1-16(9-3-6-19-7-4-9)13(17)12-10-8-18-5-2-11(10)14-15-12/h9H,2-8H2,1H3,(H,14,15). The normalized spacial score (nSPS) is 20.1. The Morgan fingerprint density at radius 3 is 3.05 bits per heavy atom. The van der Waals surface area contributed by atoms with E-state index in [0.29, 0.717) is 24.9 Å². The van der Waals surface area contributed by atoms with Crippen molar-refractivity contribution in [1.82, 2.24) is 15.1 Å². The Hall–Kier alpha value is -1.01. The number of rotatable bonds is 2. The highest BCUT2D eigenvalue weighted by molar-refractivity contribution is 7.99. The van der Waals surface area contributed by atoms with Crippen molar-refractivity contribution in [3.63, 3.8) is 0 Å². The van der Waals surface area contributed by atoms with Crippen molar-refractivity contribution >= 4 is 17.7 Å². The molecule has 19 heavy (non-hydrogen) atoms. The number of H-pyrrole nitrogens is 1. The van der Waals surface area contributed by atoms with E-state index < -0.39 is 0 Å². The van der Waals surface area contributed by atoms with Crippen molar-refractivity contribution in [2.24, 2.45) is 0 Å². The molecule has 1 N–H and O–H groups in total. The van der Waals surface area contributed by atoms with Gasteiger partial charge in [0.25, 0.3) is 5.91 Å². The van der Waals surface area contributed by atoms with Gasteiger partial charge in [-0.2, -0.15) is 16.9 Å². The Morgan fingerprint density at radius 1 is 1.47 bits per heavy atom. The van der Waals surface area contributed by atoms with Crippen molar-refractivity contribution < 1.29 is 9.53 Å². The molecule has 0 aromatic carbocycles. The van der Waals surface area contributed by atoms with E-state index in [0.717, 1.165) is 42.0 Å². The lowest BCUT2D eigenvalue weighted by Gasteiger charge is -2.30. The van der Waals surface area contributed by atoms with Crippen LogP contribution in [0.1, 0.15) is 34.6 Å². The highest BCUT2D eigenvalue weighted by Gasteiger charge is 2.28. The maximum Gasteiger partial charge on any atom is 0.274 e. The summed E-state index contributed by atoms with van der Waals surface area (Å²) in [6.07, 6.45) is 2.98. The van der Waals surface area contributed by atoms with Crippen LogP contribution >= 0.6 is 11.8 Å². The van der Waals surface area contributed by atoms with Crippen molar-refractivity contribution in [2.45, 2.75) is 31.9 Å². The van der Waals surface area contributed by atoms with Gasteiger partial charge in [0.2, 0.25) is 0 Å². The number of amides is 1. The summed E-state index contributed by atoms with van der Waals surface area (Å²) in [5, 5.41) is 7.20. The highest BCUT2D eigenvalue weighted by Crippen LogP contribution is 2.24. The number of thioether (sulfide) groups is 1. The Kier molecular flexibility index (Phi) is 3.79. The second-order valence-electron chi connectivity index (χ2n) is 5.09. The van der Waals surface area contributed by atoms with Gasteiger partial charge in [-0.25, -0.2) is 0 Å². The zero-order valence-corrected chi connectivity index (χ0v) is 12.0. The second kappa shape index (κ2) is 5.54. The van der Waals surface area contributed by atoms with Gasteiger partial charge in [-0.05, 0) is 24.3 Å². The van der Waals surface area contributed by atoms with Crippen LogP contribution in [0.15, 0.2) is 0 Å². The molecule has 0 spiro atoms. The maximum atomic E-state index is 12.6. The summed E-state index contributed by atoms with van der Waals surface area (Å²) in [4.78, 5) is 14.4. The number of aromatic nitrogens is 2. The molecule has 3 heterocycles. The van der Waals surface area contributed by atoms with E-state index in [9.17, 15) is 4.79 Å². The molecule has 0 bridgehead atoms. The smallest absolute Gasteiger partial charge is 0.274 e. The summed E-state index contributed by atoms with van der Waals surface area (Å²) < 4.78 is 5.44. The van der Waals surface area contributed by atoms with Gasteiger partial charge in [0, 0.05) is 30.8 Å². The highest BCUT2D eigenvalue weighted by atomic mass is 32.2. The fraction of sp³-hybridized carbons (Fsp3) is 0.692. The molecule has 1 fully saturated rings. The first-order valence-corrected chi connectivity index (χ1v) is 7.91. The Bertz CT molecular complexity index is 468. The quantitative estimate of drug-likeness (QED) is 0.891. The van der Waals surface area contributed by atoms with Gasteiger partial charge in [0.15, 0.2) is 5.69 Å². The number of hydrogen-bond acceptors (Lipinski definition) is 4. The van der Waals surface area contributed by atoms with Crippen molar-refractivity contribution in [3.05, 3.63) is 17.0 Å². The van der Waals surface area contributed by atoms with Gasteiger partial charge in [-0.3, -0.25) is 9.89 Å². The predicted octanol–water partition coefficient (Wildman–Crippen LogP) is 1.45. The first-order valence-electron chi connectivity index (χ1n) is 6.76. The number of aromatic amines is 1. The summed E-state index contributed by atoms with van der Waals surface area (Å²) in [6, 6.07) is 0.352. The lowest BCUT2D eigenvalue weighted by Crippen LogP contribution is -2.39. The fourth-order valence-corrected chi connectivity index (χ4v) is 3.78. The molecule has 0 radical (unpaired) electrons. The number of ether oxygens (including phenoxy) is 1. The molecule has 0 aliphatic carbocycles. The zero-order chi connectivity index (χ0) is 13.2. The molecule has 0 saturated carbocycles. The van der Waals surface area contributed by atoms with Crippen LogP contribution < -0.4 is 0 Å². The molecule has 1 aromatic heterocycles. The molecule has 3 rings (SSSR count). The molecule has 1 aromatic rings. The van der Waals surface area contributed by atoms with E-state index in [1.165, 1.54) is 0 Å². The SMILES string of the molecule is CN(C(=O)c1n[nH]c2c1COCC2)C1CCSCC1. The van der Waals surface area contributed by atoms with Crippen LogP contribution in [0.25, 0.3) is 0 Å². The summed E-state index contributed by atoms with van der Waals surface area (Å²) in [5.74, 6) is 2.31. The second-order valence-corrected chi connectivity index (χ2v) is 6.32. The van der Waals surface area contributed by atoms with Gasteiger partial charge >= 0.3 is 0 Å². The summed E-state index contributed by atoms with van der Waals surface area (Å²) in [6.45, 7) is 1.21. The molecular formula is C13H19N3O2S. The predicted molar refractivity (Wildman–Crippen MR) is 74.4 cm³/mol. The monoisotopic (exact) mass is 281 g/mol. The third-order valence-corrected chi connectivity index (χ3v) is 5.01. The molecule has 0 unspecified atom stereocenters. The van der Waals surface area contributed by atoms with Crippen molar-refractivity contribution in [1.29, 1.82) is 0 Å². The minimum atomic E-state index is 0.0277. The van der Waals surface area contributed by atoms with Crippen molar-refractivity contribution in [3.8, 4) is 0 Å². The molecule has 5 nitrogen and oxygen atoms in total. The summed E-state index contributed by atoms with van der Waals surface area (Å²) >= 11 is 1.97. The molecular weight excluding hydrogens is 262 g/mol. The minimum absolute atomic E-state index is 0.0277. The van der Waals surface area contributed by atoms with Crippen LogP contribution in [0, 0.1) is 0 Å². The van der Waals surface area contributed by atoms with Crippen molar-refractivity contribution in [2.75, 3.05) is 25.2 Å². The molecule has 1 saturated heterocycles. The van der Waals surface area contributed by atoms with Crippen LogP contribution in [0.4, 0.5) is 0 Å². The molecule has 2 aliphatic heterocycles. The lowest BCUT2D eigenvalue weighted by molar-refractivity contribution is 0.0705. The van der Waals surface area contributed by atoms with Gasteiger partial charge in [0.05, 0.1) is 13.2 Å². The molecule has 0 atom stereocenters. The van der Waals surface area contributed by atoms with Gasteiger partial charge in [-0.15, -0.1) is 0 Å². The van der Waals surface area contributed by atoms with E-state index in [4.69, 9.17) is 4.74 Å². The first kappa shape index (κ1) is 13.0. The minimum Gasteiger partial charge on any atom is -0.376 e. The average Bonchev–Trinajstić information content (AvgIpc) is 2.90. The number of nitrogens with zero attached hydrogens (tertiary/aromatic N) is 2. The first-order chi connectivity index (χ1) is 9.27.